The van der Waals surface area contributed by atoms with Crippen LogP contribution in [0, 0.1) is 0 Å². The molecule has 9 heteroatoms. The Morgan fingerprint density at radius 1 is 1.43 bits per heavy atom. The van der Waals surface area contributed by atoms with Crippen molar-refractivity contribution in [2.45, 2.75) is 24.8 Å². The highest BCUT2D eigenvalue weighted by Crippen LogP contribution is 2.29. The first-order valence-electron chi connectivity index (χ1n) is 6.07. The van der Waals surface area contributed by atoms with E-state index in [4.69, 9.17) is 33.1 Å². The number of carbonyl (C=O) groups excluding carboxylic acids is 1. The van der Waals surface area contributed by atoms with Gasteiger partial charge < -0.3 is 10.1 Å². The minimum absolute atomic E-state index is 0.0369. The van der Waals surface area contributed by atoms with E-state index < -0.39 is 15.9 Å². The van der Waals surface area contributed by atoms with E-state index in [0.717, 1.165) is 12.1 Å². The molecule has 1 rings (SSSR count). The quantitative estimate of drug-likeness (QED) is 0.813. The summed E-state index contributed by atoms with van der Waals surface area (Å²) in [5, 5.41) is 7.56. The van der Waals surface area contributed by atoms with Gasteiger partial charge in [-0.1, -0.05) is 23.2 Å². The lowest BCUT2D eigenvalue weighted by Crippen LogP contribution is -2.36. The Morgan fingerprint density at radius 2 is 2.05 bits per heavy atom. The van der Waals surface area contributed by atoms with E-state index in [1.54, 1.807) is 6.92 Å². The summed E-state index contributed by atoms with van der Waals surface area (Å²) in [5.41, 5.74) is -0.0588. The van der Waals surface area contributed by atoms with Crippen LogP contribution in [0.3, 0.4) is 0 Å². The number of primary sulfonamides is 1. The number of nitrogens with two attached hydrogens (primary N) is 1. The molecular weight excluding hydrogens is 339 g/mol. The third-order valence-electron chi connectivity index (χ3n) is 2.52. The van der Waals surface area contributed by atoms with Gasteiger partial charge >= 0.3 is 0 Å². The van der Waals surface area contributed by atoms with E-state index in [9.17, 15) is 13.2 Å². The SMILES string of the molecule is CCOCC(C)NC(=O)c1cc(S(N)(=O)=O)cc(Cl)c1Cl. The highest BCUT2D eigenvalue weighted by molar-refractivity contribution is 7.89. The summed E-state index contributed by atoms with van der Waals surface area (Å²) in [7, 11) is -3.99. The number of hydrogen-bond acceptors (Lipinski definition) is 4. The molecule has 0 heterocycles. The van der Waals surface area contributed by atoms with Crippen LogP contribution in [0.15, 0.2) is 17.0 Å². The van der Waals surface area contributed by atoms with E-state index >= 15 is 0 Å². The summed E-state index contributed by atoms with van der Waals surface area (Å²) in [5.74, 6) is -0.556. The fourth-order valence-electron chi connectivity index (χ4n) is 1.53. The number of rotatable bonds is 6. The van der Waals surface area contributed by atoms with Crippen LogP contribution in [0.1, 0.15) is 24.2 Å². The Labute approximate surface area is 133 Å². The molecule has 0 radical (unpaired) electrons. The summed E-state index contributed by atoms with van der Waals surface area (Å²) in [6.07, 6.45) is 0. The molecule has 0 bridgehead atoms. The second-order valence-corrected chi connectivity index (χ2v) is 6.69. The molecule has 0 saturated carbocycles. The van der Waals surface area contributed by atoms with Crippen LogP contribution in [0.2, 0.25) is 10.0 Å². The fraction of sp³-hybridized carbons (Fsp3) is 0.417. The number of halogens is 2. The van der Waals surface area contributed by atoms with Crippen LogP contribution in [0.5, 0.6) is 0 Å². The van der Waals surface area contributed by atoms with Gasteiger partial charge in [0.2, 0.25) is 10.0 Å². The van der Waals surface area contributed by atoms with Crippen LogP contribution in [-0.2, 0) is 14.8 Å². The van der Waals surface area contributed by atoms with E-state index in [-0.39, 0.29) is 26.5 Å². The van der Waals surface area contributed by atoms with Gasteiger partial charge in [0, 0.05) is 12.6 Å². The fourth-order valence-corrected chi connectivity index (χ4v) is 2.57. The van der Waals surface area contributed by atoms with Crippen molar-refractivity contribution < 1.29 is 17.9 Å². The first-order valence-corrected chi connectivity index (χ1v) is 8.37. The van der Waals surface area contributed by atoms with E-state index in [0.29, 0.717) is 13.2 Å². The van der Waals surface area contributed by atoms with Gasteiger partial charge in [-0.15, -0.1) is 0 Å². The van der Waals surface area contributed by atoms with Crippen molar-refractivity contribution in [1.82, 2.24) is 5.32 Å². The number of carbonyl (C=O) groups is 1. The number of amides is 1. The van der Waals surface area contributed by atoms with Crippen LogP contribution < -0.4 is 10.5 Å². The van der Waals surface area contributed by atoms with Gasteiger partial charge in [-0.3, -0.25) is 4.79 Å². The Kier molecular flexibility index (Phi) is 6.42. The first kappa shape index (κ1) is 18.2. The molecule has 0 saturated heterocycles. The Balaban J connectivity index is 3.06. The zero-order chi connectivity index (χ0) is 16.2. The molecule has 1 unspecified atom stereocenters. The molecule has 6 nitrogen and oxygen atoms in total. The van der Waals surface area contributed by atoms with Crippen molar-refractivity contribution in [1.29, 1.82) is 0 Å². The molecule has 0 aliphatic heterocycles. The third kappa shape index (κ3) is 5.12. The second kappa shape index (κ2) is 7.42. The minimum Gasteiger partial charge on any atom is -0.380 e. The topological polar surface area (TPSA) is 98.5 Å². The minimum atomic E-state index is -3.99. The molecule has 0 aromatic heterocycles. The van der Waals surface area contributed by atoms with Crippen LogP contribution in [0.4, 0.5) is 0 Å². The number of benzene rings is 1. The molecule has 1 aromatic rings. The molecule has 21 heavy (non-hydrogen) atoms. The van der Waals surface area contributed by atoms with Gasteiger partial charge in [-0.05, 0) is 26.0 Å². The average Bonchev–Trinajstić information content (AvgIpc) is 2.37. The van der Waals surface area contributed by atoms with Crippen molar-refractivity contribution in [3.63, 3.8) is 0 Å². The molecule has 1 atom stereocenters. The van der Waals surface area contributed by atoms with Crippen molar-refractivity contribution in [2.24, 2.45) is 5.14 Å². The van der Waals surface area contributed by atoms with Crippen LogP contribution in [0.25, 0.3) is 0 Å². The molecule has 1 amide bonds. The smallest absolute Gasteiger partial charge is 0.253 e. The van der Waals surface area contributed by atoms with Crippen LogP contribution in [-0.4, -0.2) is 33.6 Å². The van der Waals surface area contributed by atoms with Crippen molar-refractivity contribution in [3.05, 3.63) is 27.7 Å². The Morgan fingerprint density at radius 3 is 2.57 bits per heavy atom. The zero-order valence-electron chi connectivity index (χ0n) is 11.5. The highest BCUT2D eigenvalue weighted by atomic mass is 35.5. The van der Waals surface area contributed by atoms with Crippen molar-refractivity contribution in [2.75, 3.05) is 13.2 Å². The third-order valence-corrected chi connectivity index (χ3v) is 4.22. The lowest BCUT2D eigenvalue weighted by molar-refractivity contribution is 0.0872. The number of nitrogens with one attached hydrogen (secondary N) is 1. The van der Waals surface area contributed by atoms with E-state index in [2.05, 4.69) is 5.32 Å². The summed E-state index contributed by atoms with van der Waals surface area (Å²) >= 11 is 11.8. The van der Waals surface area contributed by atoms with E-state index in [1.807, 2.05) is 6.92 Å². The van der Waals surface area contributed by atoms with Gasteiger partial charge in [0.1, 0.15) is 0 Å². The molecule has 0 spiro atoms. The molecule has 0 fully saturated rings. The first-order chi connectivity index (χ1) is 9.66. The summed E-state index contributed by atoms with van der Waals surface area (Å²) in [6, 6.07) is 1.91. The molecule has 3 N–H and O–H groups in total. The number of hydrogen-bond donors (Lipinski definition) is 2. The van der Waals surface area contributed by atoms with Gasteiger partial charge in [0.25, 0.3) is 5.91 Å². The predicted molar refractivity (Wildman–Crippen MR) is 81.3 cm³/mol. The summed E-state index contributed by atoms with van der Waals surface area (Å²) in [6.45, 7) is 4.42. The maximum Gasteiger partial charge on any atom is 0.253 e. The van der Waals surface area contributed by atoms with Gasteiger partial charge in [-0.2, -0.15) is 0 Å². The Bertz CT molecular complexity index is 634. The van der Waals surface area contributed by atoms with Crippen molar-refractivity contribution >= 4 is 39.1 Å². The van der Waals surface area contributed by atoms with Gasteiger partial charge in [0.15, 0.2) is 0 Å². The standard InChI is InChI=1S/C12H16Cl2N2O4S/c1-3-20-6-7(2)16-12(17)9-4-8(21(15,18)19)5-10(13)11(9)14/h4-5,7H,3,6H2,1-2H3,(H,16,17)(H2,15,18,19). The summed E-state index contributed by atoms with van der Waals surface area (Å²) in [4.78, 5) is 11.8. The highest BCUT2D eigenvalue weighted by Gasteiger charge is 2.20. The Hall–Kier alpha value is -0.860. The van der Waals surface area contributed by atoms with Crippen LogP contribution >= 0.6 is 23.2 Å². The maximum absolute atomic E-state index is 12.1. The molecule has 0 aliphatic rings. The maximum atomic E-state index is 12.1. The predicted octanol–water partition coefficient (Wildman–Crippen LogP) is 1.80. The zero-order valence-corrected chi connectivity index (χ0v) is 13.8. The monoisotopic (exact) mass is 354 g/mol. The lowest BCUT2D eigenvalue weighted by Gasteiger charge is -2.15. The van der Waals surface area contributed by atoms with Gasteiger partial charge in [0.05, 0.1) is 27.1 Å². The number of ether oxygens (including phenoxy) is 1. The number of sulfonamides is 1. The molecule has 1 aromatic carbocycles. The molecular formula is C12H16Cl2N2O4S. The van der Waals surface area contributed by atoms with Gasteiger partial charge in [-0.25, -0.2) is 13.6 Å². The summed E-state index contributed by atoms with van der Waals surface area (Å²) < 4.78 is 27.9. The lowest BCUT2D eigenvalue weighted by atomic mass is 10.2. The molecule has 0 aliphatic carbocycles. The average molecular weight is 355 g/mol. The normalized spacial score (nSPS) is 13.0. The largest absolute Gasteiger partial charge is 0.380 e. The van der Waals surface area contributed by atoms with E-state index in [1.165, 1.54) is 0 Å². The van der Waals surface area contributed by atoms with Crippen molar-refractivity contribution in [3.8, 4) is 0 Å². The second-order valence-electron chi connectivity index (χ2n) is 4.35. The molecule has 118 valence electrons.